The van der Waals surface area contributed by atoms with Crippen LogP contribution in [0.25, 0.3) is 22.4 Å². The average molecular weight is 553 g/mol. The van der Waals surface area contributed by atoms with Crippen LogP contribution in [0, 0.1) is 6.92 Å². The van der Waals surface area contributed by atoms with Crippen LogP contribution in [0.3, 0.4) is 0 Å². The number of aromatic nitrogens is 3. The maximum atomic E-state index is 12.9. The number of aliphatic hydroxyl groups is 1. The molecule has 0 unspecified atom stereocenters. The number of nitrogens with one attached hydrogen (secondary N) is 3. The monoisotopic (exact) mass is 552 g/mol. The first kappa shape index (κ1) is 28.6. The number of hydrogen-bond acceptors (Lipinski definition) is 7. The fourth-order valence-corrected chi connectivity index (χ4v) is 5.12. The lowest BCUT2D eigenvalue weighted by Crippen LogP contribution is -2.47. The van der Waals surface area contributed by atoms with E-state index in [1.54, 1.807) is 37.6 Å². The minimum absolute atomic E-state index is 0. The minimum atomic E-state index is -0.795. The number of benzene rings is 2. The number of H-pyrrole nitrogens is 2. The molecule has 0 saturated carbocycles. The predicted molar refractivity (Wildman–Crippen MR) is 159 cm³/mol. The van der Waals surface area contributed by atoms with Crippen molar-refractivity contribution in [3.8, 4) is 11.4 Å². The van der Waals surface area contributed by atoms with E-state index < -0.39 is 6.10 Å². The number of ether oxygens (including phenoxy) is 1. The van der Waals surface area contributed by atoms with Gasteiger partial charge in [-0.3, -0.25) is 9.69 Å². The quantitative estimate of drug-likeness (QED) is 0.243. The topological polar surface area (TPSA) is 110 Å². The normalized spacial score (nSPS) is 14.8. The lowest BCUT2D eigenvalue weighted by atomic mass is 10.1. The largest absolute Gasteiger partial charge is 0.387 e. The molecule has 39 heavy (non-hydrogen) atoms. The molecule has 1 aliphatic heterocycles. The highest BCUT2D eigenvalue weighted by molar-refractivity contribution is 6.30. The van der Waals surface area contributed by atoms with E-state index in [9.17, 15) is 9.90 Å². The van der Waals surface area contributed by atoms with Crippen LogP contribution in [0.15, 0.2) is 53.5 Å². The lowest BCUT2D eigenvalue weighted by molar-refractivity contribution is 0.144. The summed E-state index contributed by atoms with van der Waals surface area (Å²) in [6, 6.07) is 13.1. The van der Waals surface area contributed by atoms with Crippen molar-refractivity contribution < 1.29 is 9.84 Å². The number of nitrogens with zero attached hydrogens (tertiary/aromatic N) is 3. The van der Waals surface area contributed by atoms with Crippen molar-refractivity contribution in [3.63, 3.8) is 0 Å². The first-order valence-corrected chi connectivity index (χ1v) is 13.2. The number of aliphatic hydroxyl groups excluding tert-OH is 1. The molecule has 0 amide bonds. The molecule has 0 bridgehead atoms. The Morgan fingerprint density at radius 2 is 1.97 bits per heavy atom. The van der Waals surface area contributed by atoms with Crippen molar-refractivity contribution in [2.24, 2.45) is 0 Å². The summed E-state index contributed by atoms with van der Waals surface area (Å²) < 4.78 is 5.21. The summed E-state index contributed by atoms with van der Waals surface area (Å²) >= 11 is 6.07. The third-order valence-electron chi connectivity index (χ3n) is 7.03. The van der Waals surface area contributed by atoms with E-state index in [-0.39, 0.29) is 19.5 Å². The molecule has 4 N–H and O–H groups in total. The Balaban J connectivity index is 0.00000353. The number of hydrogen-bond donors (Lipinski definition) is 4. The van der Waals surface area contributed by atoms with Crippen molar-refractivity contribution >= 4 is 34.0 Å². The van der Waals surface area contributed by atoms with Gasteiger partial charge in [0.05, 0.1) is 29.4 Å². The standard InChI is InChI=1S/C28H33ClN6O3.CH4/c1-18-14-21(35-10-8-34(9-11-35)12-13-38-2)16-23-26(18)33-27(32-23)25-22(6-7-30-28(25)37)31-17-24(36)19-4-3-5-20(29)15-19;/h3-7,14-16,24,36H,8-13,17H2,1-2H3,(H,32,33)(H2,30,31,37);1H4/t24-;/m1./s1. The van der Waals surface area contributed by atoms with Gasteiger partial charge in [-0.05, 0) is 48.4 Å². The number of aryl methyl sites for hydroxylation is 1. The van der Waals surface area contributed by atoms with Gasteiger partial charge >= 0.3 is 0 Å². The maximum Gasteiger partial charge on any atom is 0.261 e. The summed E-state index contributed by atoms with van der Waals surface area (Å²) in [5, 5.41) is 14.4. The molecule has 3 heterocycles. The summed E-state index contributed by atoms with van der Waals surface area (Å²) in [6.45, 7) is 7.81. The second-order valence-electron chi connectivity index (χ2n) is 9.61. The van der Waals surface area contributed by atoms with Gasteiger partial charge in [0.25, 0.3) is 5.56 Å². The van der Waals surface area contributed by atoms with Gasteiger partial charge in [-0.15, -0.1) is 0 Å². The third kappa shape index (κ3) is 6.45. The van der Waals surface area contributed by atoms with Gasteiger partial charge in [0.2, 0.25) is 0 Å². The van der Waals surface area contributed by atoms with E-state index in [1.165, 1.54) is 0 Å². The number of methoxy groups -OCH3 is 1. The third-order valence-corrected chi connectivity index (χ3v) is 7.26. The molecule has 2 aromatic heterocycles. The Bertz CT molecular complexity index is 1460. The molecule has 4 aromatic rings. The minimum Gasteiger partial charge on any atom is -0.387 e. The molecular formula is C29H37ClN6O3. The molecule has 5 rings (SSSR count). The number of pyridine rings is 1. The van der Waals surface area contributed by atoms with Crippen LogP contribution in [0.1, 0.15) is 24.7 Å². The second kappa shape index (κ2) is 12.7. The van der Waals surface area contributed by atoms with Crippen LogP contribution in [-0.4, -0.2) is 77.9 Å². The molecule has 2 aromatic carbocycles. The molecular weight excluding hydrogens is 516 g/mol. The predicted octanol–water partition coefficient (Wildman–Crippen LogP) is 4.43. The molecule has 208 valence electrons. The van der Waals surface area contributed by atoms with Gasteiger partial charge in [-0.2, -0.15) is 0 Å². The summed E-state index contributed by atoms with van der Waals surface area (Å²) in [4.78, 5) is 28.6. The maximum absolute atomic E-state index is 12.9. The van der Waals surface area contributed by atoms with Gasteiger partial charge in [0.1, 0.15) is 11.4 Å². The molecule has 9 nitrogen and oxygen atoms in total. The van der Waals surface area contributed by atoms with Crippen LogP contribution in [0.2, 0.25) is 5.02 Å². The molecule has 1 aliphatic rings. The van der Waals surface area contributed by atoms with Crippen LogP contribution in [0.5, 0.6) is 0 Å². The lowest BCUT2D eigenvalue weighted by Gasteiger charge is -2.36. The fourth-order valence-electron chi connectivity index (χ4n) is 4.92. The van der Waals surface area contributed by atoms with Crippen LogP contribution < -0.4 is 15.8 Å². The SMILES string of the molecule is C.COCCN1CCN(c2cc(C)c3nc(-c4c(NC[C@@H](O)c5cccc(Cl)c5)cc[nH]c4=O)[nH]c3c2)CC1. The Morgan fingerprint density at radius 1 is 1.18 bits per heavy atom. The van der Waals surface area contributed by atoms with E-state index in [1.807, 2.05) is 13.0 Å². The van der Waals surface area contributed by atoms with Crippen molar-refractivity contribution in [2.75, 3.05) is 63.2 Å². The van der Waals surface area contributed by atoms with Crippen LogP contribution in [0.4, 0.5) is 11.4 Å². The van der Waals surface area contributed by atoms with E-state index in [2.05, 4.69) is 37.2 Å². The Kier molecular flexibility index (Phi) is 9.29. The van der Waals surface area contributed by atoms with Gasteiger partial charge < -0.3 is 30.0 Å². The highest BCUT2D eigenvalue weighted by Gasteiger charge is 2.20. The van der Waals surface area contributed by atoms with Crippen LogP contribution in [-0.2, 0) is 4.74 Å². The molecule has 0 aliphatic carbocycles. The first-order chi connectivity index (χ1) is 18.4. The molecule has 0 radical (unpaired) electrons. The summed E-state index contributed by atoms with van der Waals surface area (Å²) in [7, 11) is 1.74. The number of anilines is 2. The zero-order valence-electron chi connectivity index (χ0n) is 21.6. The zero-order valence-corrected chi connectivity index (χ0v) is 22.4. The molecule has 1 fully saturated rings. The van der Waals surface area contributed by atoms with E-state index in [0.717, 1.165) is 61.6 Å². The smallest absolute Gasteiger partial charge is 0.261 e. The number of imidazole rings is 1. The van der Waals surface area contributed by atoms with Gasteiger partial charge in [0, 0.05) is 63.3 Å². The van der Waals surface area contributed by atoms with Crippen molar-refractivity contribution in [1.82, 2.24) is 19.9 Å². The number of rotatable bonds is 9. The number of halogens is 1. The van der Waals surface area contributed by atoms with Gasteiger partial charge in [0.15, 0.2) is 0 Å². The number of aromatic amines is 2. The summed E-state index contributed by atoms with van der Waals surface area (Å²) in [5.74, 6) is 0.478. The van der Waals surface area contributed by atoms with Crippen LogP contribution >= 0.6 is 11.6 Å². The second-order valence-corrected chi connectivity index (χ2v) is 10.0. The Morgan fingerprint density at radius 3 is 2.72 bits per heavy atom. The van der Waals surface area contributed by atoms with Gasteiger partial charge in [-0.1, -0.05) is 31.2 Å². The highest BCUT2D eigenvalue weighted by atomic mass is 35.5. The average Bonchev–Trinajstić information content (AvgIpc) is 3.35. The van der Waals surface area contributed by atoms with Gasteiger partial charge in [-0.25, -0.2) is 4.98 Å². The van der Waals surface area contributed by atoms with E-state index in [0.29, 0.717) is 27.7 Å². The fraction of sp³-hybridized carbons (Fsp3) is 0.379. The molecule has 1 atom stereocenters. The zero-order chi connectivity index (χ0) is 26.6. The van der Waals surface area contributed by atoms with Crippen molar-refractivity contribution in [3.05, 3.63) is 75.2 Å². The molecule has 1 saturated heterocycles. The number of fused-ring (bicyclic) bond motifs is 1. The van der Waals surface area contributed by atoms with E-state index >= 15 is 0 Å². The molecule has 10 heteroatoms. The highest BCUT2D eigenvalue weighted by Crippen LogP contribution is 2.30. The van der Waals surface area contributed by atoms with E-state index in [4.69, 9.17) is 21.3 Å². The molecule has 0 spiro atoms. The summed E-state index contributed by atoms with van der Waals surface area (Å²) in [5.41, 5.74) is 5.30. The summed E-state index contributed by atoms with van der Waals surface area (Å²) in [6.07, 6.45) is 0.786. The Hall–Kier alpha value is -3.37. The number of piperazine rings is 1. The van der Waals surface area contributed by atoms with Crippen molar-refractivity contribution in [1.29, 1.82) is 0 Å². The Labute approximate surface area is 233 Å². The first-order valence-electron chi connectivity index (χ1n) is 12.8. The van der Waals surface area contributed by atoms with Crippen molar-refractivity contribution in [2.45, 2.75) is 20.5 Å².